The lowest BCUT2D eigenvalue weighted by Crippen LogP contribution is -2.36. The number of carbonyl (C=O) groups excluding carboxylic acids is 3. The molecule has 1 aliphatic rings. The summed E-state index contributed by atoms with van der Waals surface area (Å²) in [6, 6.07) is 15.7. The molecule has 2 aromatic carbocycles. The minimum atomic E-state index is -0.619. The molecule has 0 aromatic heterocycles. The van der Waals surface area contributed by atoms with Crippen LogP contribution in [0.15, 0.2) is 54.6 Å². The number of benzene rings is 2. The fraction of sp³-hybridized carbons (Fsp3) is 0.318. The summed E-state index contributed by atoms with van der Waals surface area (Å²) in [6.45, 7) is -0.605. The van der Waals surface area contributed by atoms with Gasteiger partial charge in [-0.15, -0.1) is 0 Å². The van der Waals surface area contributed by atoms with Crippen molar-refractivity contribution in [3.05, 3.63) is 65.7 Å². The third kappa shape index (κ3) is 5.67. The summed E-state index contributed by atoms with van der Waals surface area (Å²) in [5, 5.41) is 2.85. The minimum Gasteiger partial charge on any atom is -0.482 e. The first-order valence-electron chi connectivity index (χ1n) is 9.39. The van der Waals surface area contributed by atoms with Crippen LogP contribution in [0.25, 0.3) is 0 Å². The molecule has 0 atom stereocenters. The Morgan fingerprint density at radius 3 is 2.18 bits per heavy atom. The highest BCUT2D eigenvalue weighted by Gasteiger charge is 2.18. The predicted octanol–water partition coefficient (Wildman–Crippen LogP) is 2.90. The zero-order valence-electron chi connectivity index (χ0n) is 15.6. The average Bonchev–Trinajstić information content (AvgIpc) is 3.24. The van der Waals surface area contributed by atoms with Gasteiger partial charge in [0, 0.05) is 17.2 Å². The summed E-state index contributed by atoms with van der Waals surface area (Å²) in [6.07, 6.45) is 4.19. The van der Waals surface area contributed by atoms with Crippen LogP contribution in [0.3, 0.4) is 0 Å². The van der Waals surface area contributed by atoms with Crippen molar-refractivity contribution in [2.24, 2.45) is 0 Å². The Bertz CT molecular complexity index is 811. The van der Waals surface area contributed by atoms with Gasteiger partial charge in [0.1, 0.15) is 5.75 Å². The summed E-state index contributed by atoms with van der Waals surface area (Å²) in [7, 11) is 0. The third-order valence-corrected chi connectivity index (χ3v) is 4.59. The highest BCUT2D eigenvalue weighted by atomic mass is 16.6. The molecule has 0 saturated heterocycles. The molecule has 0 spiro atoms. The maximum atomic E-state index is 12.3. The Kier molecular flexibility index (Phi) is 6.78. The van der Waals surface area contributed by atoms with Crippen LogP contribution in [0, 0.1) is 0 Å². The van der Waals surface area contributed by atoms with Gasteiger partial charge in [-0.1, -0.05) is 43.2 Å². The molecule has 0 bridgehead atoms. The molecule has 146 valence electrons. The smallest absolute Gasteiger partial charge is 0.344 e. The van der Waals surface area contributed by atoms with E-state index in [-0.39, 0.29) is 30.9 Å². The minimum absolute atomic E-state index is 0.0835. The lowest BCUT2D eigenvalue weighted by Gasteiger charge is -2.12. The number of ether oxygens (including phenoxy) is 2. The Morgan fingerprint density at radius 1 is 0.857 bits per heavy atom. The molecular weight excluding hydrogens is 358 g/mol. The van der Waals surface area contributed by atoms with Crippen LogP contribution in [0.4, 0.5) is 0 Å². The number of nitrogens with one attached hydrogen (secondary N) is 1. The largest absolute Gasteiger partial charge is 0.482 e. The van der Waals surface area contributed by atoms with Gasteiger partial charge in [-0.25, -0.2) is 4.79 Å². The van der Waals surface area contributed by atoms with Crippen molar-refractivity contribution in [2.45, 2.75) is 31.7 Å². The Labute approximate surface area is 163 Å². The SMILES string of the molecule is O=C(COC(=O)COc1ccc(C(=O)c2ccccc2)cc1)NC1CCCC1. The van der Waals surface area contributed by atoms with Gasteiger partial charge in [-0.3, -0.25) is 9.59 Å². The molecular formula is C22H23NO5. The highest BCUT2D eigenvalue weighted by molar-refractivity contribution is 6.08. The van der Waals surface area contributed by atoms with E-state index >= 15 is 0 Å². The fourth-order valence-corrected chi connectivity index (χ4v) is 3.13. The summed E-state index contributed by atoms with van der Waals surface area (Å²) < 4.78 is 10.3. The van der Waals surface area contributed by atoms with Gasteiger partial charge < -0.3 is 14.8 Å². The fourth-order valence-electron chi connectivity index (χ4n) is 3.13. The zero-order valence-corrected chi connectivity index (χ0v) is 15.6. The van der Waals surface area contributed by atoms with E-state index in [0.717, 1.165) is 25.7 Å². The van der Waals surface area contributed by atoms with Crippen LogP contribution in [0.1, 0.15) is 41.6 Å². The molecule has 0 radical (unpaired) electrons. The van der Waals surface area contributed by atoms with Crippen molar-refractivity contribution in [1.82, 2.24) is 5.32 Å². The standard InChI is InChI=1S/C22H23NO5/c24-20(23-18-8-4-5-9-18)14-28-21(25)15-27-19-12-10-17(11-13-19)22(26)16-6-2-1-3-7-16/h1-3,6-7,10-13,18H,4-5,8-9,14-15H2,(H,23,24). The highest BCUT2D eigenvalue weighted by Crippen LogP contribution is 2.17. The van der Waals surface area contributed by atoms with Crippen LogP contribution < -0.4 is 10.1 Å². The number of rotatable bonds is 8. The van der Waals surface area contributed by atoms with E-state index in [4.69, 9.17) is 9.47 Å². The van der Waals surface area contributed by atoms with Gasteiger partial charge in [-0.05, 0) is 37.1 Å². The molecule has 6 nitrogen and oxygen atoms in total. The summed E-state index contributed by atoms with van der Waals surface area (Å²) in [4.78, 5) is 35.8. The normalized spacial score (nSPS) is 13.7. The van der Waals surface area contributed by atoms with Gasteiger partial charge >= 0.3 is 5.97 Å². The molecule has 1 aliphatic carbocycles. The molecule has 28 heavy (non-hydrogen) atoms. The van der Waals surface area contributed by atoms with Crippen molar-refractivity contribution in [3.63, 3.8) is 0 Å². The van der Waals surface area contributed by atoms with Crippen molar-refractivity contribution in [2.75, 3.05) is 13.2 Å². The first kappa shape index (κ1) is 19.6. The topological polar surface area (TPSA) is 81.7 Å². The van der Waals surface area contributed by atoms with Gasteiger partial charge in [0.2, 0.25) is 0 Å². The molecule has 0 unspecified atom stereocenters. The van der Waals surface area contributed by atoms with E-state index < -0.39 is 5.97 Å². The van der Waals surface area contributed by atoms with E-state index in [0.29, 0.717) is 16.9 Å². The number of ketones is 1. The lowest BCUT2D eigenvalue weighted by atomic mass is 10.0. The maximum Gasteiger partial charge on any atom is 0.344 e. The molecule has 0 aliphatic heterocycles. The first-order valence-corrected chi connectivity index (χ1v) is 9.39. The van der Waals surface area contributed by atoms with E-state index in [9.17, 15) is 14.4 Å². The lowest BCUT2D eigenvalue weighted by molar-refractivity contribution is -0.150. The first-order chi connectivity index (χ1) is 13.6. The van der Waals surface area contributed by atoms with E-state index in [1.807, 2.05) is 18.2 Å². The molecule has 1 amide bonds. The Hall–Kier alpha value is -3.15. The number of carbonyl (C=O) groups is 3. The van der Waals surface area contributed by atoms with Crippen LogP contribution >= 0.6 is 0 Å². The second-order valence-electron chi connectivity index (χ2n) is 6.72. The van der Waals surface area contributed by atoms with Crippen molar-refractivity contribution < 1.29 is 23.9 Å². The molecule has 2 aromatic rings. The third-order valence-electron chi connectivity index (χ3n) is 4.59. The summed E-state index contributed by atoms with van der Waals surface area (Å²) >= 11 is 0. The van der Waals surface area contributed by atoms with Crippen molar-refractivity contribution in [3.8, 4) is 5.75 Å². The Morgan fingerprint density at radius 2 is 1.50 bits per heavy atom. The van der Waals surface area contributed by atoms with Crippen molar-refractivity contribution >= 4 is 17.7 Å². The second kappa shape index (κ2) is 9.69. The second-order valence-corrected chi connectivity index (χ2v) is 6.72. The van der Waals surface area contributed by atoms with E-state index in [2.05, 4.69) is 5.32 Å². The molecule has 0 heterocycles. The number of esters is 1. The van der Waals surface area contributed by atoms with Gasteiger partial charge in [-0.2, -0.15) is 0 Å². The molecule has 1 N–H and O–H groups in total. The average molecular weight is 381 g/mol. The summed E-state index contributed by atoms with van der Waals surface area (Å²) in [5.41, 5.74) is 1.14. The molecule has 3 rings (SSSR count). The number of hydrogen-bond acceptors (Lipinski definition) is 5. The quantitative estimate of drug-likeness (QED) is 0.562. The molecule has 6 heteroatoms. The monoisotopic (exact) mass is 381 g/mol. The van der Waals surface area contributed by atoms with Crippen LogP contribution in [0.5, 0.6) is 5.75 Å². The Balaban J connectivity index is 1.41. The maximum absolute atomic E-state index is 12.3. The summed E-state index contributed by atoms with van der Waals surface area (Å²) in [5.74, 6) is -0.549. The predicted molar refractivity (Wildman–Crippen MR) is 103 cm³/mol. The van der Waals surface area contributed by atoms with Gasteiger partial charge in [0.05, 0.1) is 0 Å². The van der Waals surface area contributed by atoms with Crippen molar-refractivity contribution in [1.29, 1.82) is 0 Å². The van der Waals surface area contributed by atoms with Crippen LogP contribution in [-0.2, 0) is 14.3 Å². The van der Waals surface area contributed by atoms with Crippen LogP contribution in [0.2, 0.25) is 0 Å². The number of amides is 1. The van der Waals surface area contributed by atoms with E-state index in [1.54, 1.807) is 36.4 Å². The number of hydrogen-bond donors (Lipinski definition) is 1. The van der Waals surface area contributed by atoms with E-state index in [1.165, 1.54) is 0 Å². The molecule has 1 saturated carbocycles. The van der Waals surface area contributed by atoms with Crippen LogP contribution in [-0.4, -0.2) is 36.9 Å². The molecule has 1 fully saturated rings. The zero-order chi connectivity index (χ0) is 19.8. The van der Waals surface area contributed by atoms with Gasteiger partial charge in [0.25, 0.3) is 5.91 Å². The van der Waals surface area contributed by atoms with Gasteiger partial charge in [0.15, 0.2) is 19.0 Å².